The number of rotatable bonds is 6. The average Bonchev–Trinajstić information content (AvgIpc) is 2.77. The van der Waals surface area contributed by atoms with E-state index in [1.807, 2.05) is 69.3 Å². The Morgan fingerprint density at radius 3 is 2.44 bits per heavy atom. The molecule has 1 fully saturated rings. The predicted octanol–water partition coefficient (Wildman–Crippen LogP) is 3.68. The lowest BCUT2D eigenvalue weighted by Gasteiger charge is -2.41. The molecule has 0 spiro atoms. The van der Waals surface area contributed by atoms with E-state index in [1.165, 1.54) is 0 Å². The first-order chi connectivity index (χ1) is 15.3. The molecule has 2 aromatic carbocycles. The van der Waals surface area contributed by atoms with Gasteiger partial charge in [0.1, 0.15) is 5.75 Å². The van der Waals surface area contributed by atoms with Gasteiger partial charge in [-0.1, -0.05) is 49.7 Å². The molecule has 2 unspecified atom stereocenters. The van der Waals surface area contributed by atoms with Crippen molar-refractivity contribution in [2.24, 2.45) is 11.8 Å². The SMILES string of the molecule is COc1ccccc1C1C(C(=O)NNC(=O)CC(C)C)CCC(=O)N1c1ccc(C)cc1. The Kier molecular flexibility index (Phi) is 7.51. The molecule has 32 heavy (non-hydrogen) atoms. The van der Waals surface area contributed by atoms with Gasteiger partial charge in [0.2, 0.25) is 17.7 Å². The zero-order chi connectivity index (χ0) is 23.3. The normalized spacial score (nSPS) is 18.4. The predicted molar refractivity (Wildman–Crippen MR) is 123 cm³/mol. The first kappa shape index (κ1) is 23.3. The van der Waals surface area contributed by atoms with Crippen molar-refractivity contribution in [2.45, 2.75) is 46.1 Å². The van der Waals surface area contributed by atoms with Gasteiger partial charge in [-0.05, 0) is 37.5 Å². The molecule has 2 N–H and O–H groups in total. The van der Waals surface area contributed by atoms with Crippen molar-refractivity contribution in [3.05, 3.63) is 59.7 Å². The van der Waals surface area contributed by atoms with Crippen LogP contribution in [0.5, 0.6) is 5.75 Å². The van der Waals surface area contributed by atoms with Crippen LogP contribution in [0.25, 0.3) is 0 Å². The third kappa shape index (κ3) is 5.28. The largest absolute Gasteiger partial charge is 0.496 e. The van der Waals surface area contributed by atoms with Crippen LogP contribution >= 0.6 is 0 Å². The van der Waals surface area contributed by atoms with Crippen LogP contribution in [0.3, 0.4) is 0 Å². The number of nitrogens with one attached hydrogen (secondary N) is 2. The van der Waals surface area contributed by atoms with E-state index in [0.717, 1.165) is 16.8 Å². The molecular weight excluding hydrogens is 406 g/mol. The molecule has 0 bridgehead atoms. The number of carbonyl (C=O) groups is 3. The van der Waals surface area contributed by atoms with Gasteiger partial charge in [-0.3, -0.25) is 25.2 Å². The summed E-state index contributed by atoms with van der Waals surface area (Å²) in [5.74, 6) is -0.419. The van der Waals surface area contributed by atoms with Gasteiger partial charge in [-0.15, -0.1) is 0 Å². The lowest BCUT2D eigenvalue weighted by atomic mass is 9.83. The maximum absolute atomic E-state index is 13.2. The van der Waals surface area contributed by atoms with E-state index in [9.17, 15) is 14.4 Å². The fourth-order valence-corrected chi connectivity index (χ4v) is 4.09. The summed E-state index contributed by atoms with van der Waals surface area (Å²) in [4.78, 5) is 40.0. The van der Waals surface area contributed by atoms with Gasteiger partial charge >= 0.3 is 0 Å². The van der Waals surface area contributed by atoms with E-state index >= 15 is 0 Å². The number of para-hydroxylation sites is 1. The van der Waals surface area contributed by atoms with Crippen molar-refractivity contribution in [3.63, 3.8) is 0 Å². The van der Waals surface area contributed by atoms with E-state index in [2.05, 4.69) is 10.9 Å². The van der Waals surface area contributed by atoms with Crippen LogP contribution in [-0.2, 0) is 14.4 Å². The summed E-state index contributed by atoms with van der Waals surface area (Å²) < 4.78 is 5.57. The fourth-order valence-electron chi connectivity index (χ4n) is 4.09. The Labute approximate surface area is 189 Å². The van der Waals surface area contributed by atoms with E-state index in [1.54, 1.807) is 12.0 Å². The zero-order valence-electron chi connectivity index (χ0n) is 19.1. The number of ether oxygens (including phenoxy) is 1. The molecule has 0 aliphatic carbocycles. The number of anilines is 1. The number of aryl methyl sites for hydroxylation is 1. The number of methoxy groups -OCH3 is 1. The molecule has 0 aromatic heterocycles. The summed E-state index contributed by atoms with van der Waals surface area (Å²) in [6.07, 6.45) is 0.919. The minimum absolute atomic E-state index is 0.0577. The standard InChI is InChI=1S/C25H31N3O4/c1-16(2)15-22(29)26-27-25(31)20-13-14-23(30)28(18-11-9-17(3)10-12-18)24(20)19-7-5-6-8-21(19)32-4/h5-12,16,20,24H,13-15H2,1-4H3,(H,26,29)(H,27,31). The van der Waals surface area contributed by atoms with Crippen LogP contribution in [0.4, 0.5) is 5.69 Å². The van der Waals surface area contributed by atoms with Gasteiger partial charge in [0, 0.05) is 24.1 Å². The Morgan fingerprint density at radius 1 is 1.09 bits per heavy atom. The number of benzene rings is 2. The summed E-state index contributed by atoms with van der Waals surface area (Å²) >= 11 is 0. The number of hydrazine groups is 1. The number of hydrogen-bond acceptors (Lipinski definition) is 4. The highest BCUT2D eigenvalue weighted by molar-refractivity contribution is 5.97. The second kappa shape index (κ2) is 10.3. The fraction of sp³-hybridized carbons (Fsp3) is 0.400. The van der Waals surface area contributed by atoms with Crippen molar-refractivity contribution >= 4 is 23.4 Å². The topological polar surface area (TPSA) is 87.7 Å². The summed E-state index contributed by atoms with van der Waals surface area (Å²) in [7, 11) is 1.57. The maximum atomic E-state index is 13.2. The molecule has 7 heteroatoms. The molecule has 1 aliphatic heterocycles. The first-order valence-electron chi connectivity index (χ1n) is 10.9. The number of carbonyl (C=O) groups excluding carboxylic acids is 3. The Bertz CT molecular complexity index is 971. The quantitative estimate of drug-likeness (QED) is 0.675. The van der Waals surface area contributed by atoms with Gasteiger partial charge < -0.3 is 9.64 Å². The second-order valence-electron chi connectivity index (χ2n) is 8.57. The van der Waals surface area contributed by atoms with Gasteiger partial charge in [-0.25, -0.2) is 0 Å². The van der Waals surface area contributed by atoms with Crippen LogP contribution < -0.4 is 20.5 Å². The molecule has 0 saturated carbocycles. The molecule has 1 saturated heterocycles. The Balaban J connectivity index is 1.97. The summed E-state index contributed by atoms with van der Waals surface area (Å²) in [5.41, 5.74) is 7.63. The smallest absolute Gasteiger partial charge is 0.243 e. The number of piperidine rings is 1. The number of amides is 3. The van der Waals surface area contributed by atoms with Crippen molar-refractivity contribution in [1.29, 1.82) is 0 Å². The minimum Gasteiger partial charge on any atom is -0.496 e. The highest BCUT2D eigenvalue weighted by Crippen LogP contribution is 2.43. The zero-order valence-corrected chi connectivity index (χ0v) is 19.1. The van der Waals surface area contributed by atoms with Crippen molar-refractivity contribution in [2.75, 3.05) is 12.0 Å². The third-order valence-corrected chi connectivity index (χ3v) is 5.62. The summed E-state index contributed by atoms with van der Waals surface area (Å²) in [6, 6.07) is 14.5. The molecule has 0 radical (unpaired) electrons. The van der Waals surface area contributed by atoms with Gasteiger partial charge in [0.15, 0.2) is 0 Å². The van der Waals surface area contributed by atoms with E-state index in [-0.39, 0.29) is 30.1 Å². The van der Waals surface area contributed by atoms with Gasteiger partial charge in [0.05, 0.1) is 19.1 Å². The van der Waals surface area contributed by atoms with Crippen LogP contribution in [0.1, 0.15) is 50.3 Å². The third-order valence-electron chi connectivity index (χ3n) is 5.62. The number of nitrogens with zero attached hydrogens (tertiary/aromatic N) is 1. The van der Waals surface area contributed by atoms with E-state index in [0.29, 0.717) is 18.6 Å². The van der Waals surface area contributed by atoms with Crippen LogP contribution in [0.2, 0.25) is 0 Å². The molecule has 1 heterocycles. The molecule has 7 nitrogen and oxygen atoms in total. The minimum atomic E-state index is -0.572. The van der Waals surface area contributed by atoms with Gasteiger partial charge in [0.25, 0.3) is 0 Å². The highest BCUT2D eigenvalue weighted by Gasteiger charge is 2.42. The maximum Gasteiger partial charge on any atom is 0.243 e. The monoisotopic (exact) mass is 437 g/mol. The molecular formula is C25H31N3O4. The first-order valence-corrected chi connectivity index (χ1v) is 10.9. The Hall–Kier alpha value is -3.35. The molecule has 1 aliphatic rings. The molecule has 3 rings (SSSR count). The van der Waals surface area contributed by atoms with Crippen molar-refractivity contribution in [3.8, 4) is 5.75 Å². The molecule has 2 aromatic rings. The van der Waals surface area contributed by atoms with Crippen molar-refractivity contribution in [1.82, 2.24) is 10.9 Å². The molecule has 170 valence electrons. The van der Waals surface area contributed by atoms with E-state index in [4.69, 9.17) is 4.74 Å². The van der Waals surface area contributed by atoms with Crippen LogP contribution in [-0.4, -0.2) is 24.8 Å². The van der Waals surface area contributed by atoms with E-state index < -0.39 is 12.0 Å². The molecule has 2 atom stereocenters. The lowest BCUT2D eigenvalue weighted by molar-refractivity contribution is -0.134. The van der Waals surface area contributed by atoms with Crippen LogP contribution in [0.15, 0.2) is 48.5 Å². The Morgan fingerprint density at radius 2 is 1.78 bits per heavy atom. The summed E-state index contributed by atoms with van der Waals surface area (Å²) in [6.45, 7) is 5.85. The van der Waals surface area contributed by atoms with Gasteiger partial charge in [-0.2, -0.15) is 0 Å². The second-order valence-corrected chi connectivity index (χ2v) is 8.57. The number of hydrogen-bond donors (Lipinski definition) is 2. The van der Waals surface area contributed by atoms with Crippen molar-refractivity contribution < 1.29 is 19.1 Å². The average molecular weight is 438 g/mol. The summed E-state index contributed by atoms with van der Waals surface area (Å²) in [5, 5.41) is 0. The van der Waals surface area contributed by atoms with Crippen LogP contribution in [0, 0.1) is 18.8 Å². The highest BCUT2D eigenvalue weighted by atomic mass is 16.5. The molecule has 3 amide bonds. The lowest BCUT2D eigenvalue weighted by Crippen LogP contribution is -2.52.